The summed E-state index contributed by atoms with van der Waals surface area (Å²) in [5.41, 5.74) is 1.93. The van der Waals surface area contributed by atoms with Crippen LogP contribution in [-0.2, 0) is 4.79 Å². The summed E-state index contributed by atoms with van der Waals surface area (Å²) in [7, 11) is 3.20. The summed E-state index contributed by atoms with van der Waals surface area (Å²) in [4.78, 5) is 26.2. The monoisotopic (exact) mass is 426 g/mol. The fourth-order valence-corrected chi connectivity index (χ4v) is 3.32. The number of benzene rings is 1. The van der Waals surface area contributed by atoms with Gasteiger partial charge in [-0.3, -0.25) is 4.79 Å². The number of hydrogen-bond acceptors (Lipinski definition) is 7. The number of amides is 1. The molecule has 1 aromatic carbocycles. The Morgan fingerprint density at radius 3 is 2.30 bits per heavy atom. The molecule has 0 bridgehead atoms. The summed E-state index contributed by atoms with van der Waals surface area (Å²) in [5, 5.41) is 4.37. The third-order valence-corrected chi connectivity index (χ3v) is 4.90. The Kier molecular flexibility index (Phi) is 6.45. The van der Waals surface area contributed by atoms with E-state index in [1.54, 1.807) is 26.5 Å². The molecule has 0 aliphatic rings. The van der Waals surface area contributed by atoms with Gasteiger partial charge in [-0.15, -0.1) is 0 Å². The number of ether oxygens (including phenoxy) is 2. The highest BCUT2D eigenvalue weighted by molar-refractivity contribution is 7.98. The number of rotatable bonds is 6. The molecule has 30 heavy (non-hydrogen) atoms. The number of fused-ring (bicyclic) bond motifs is 1. The lowest BCUT2D eigenvalue weighted by Gasteiger charge is -2.18. The van der Waals surface area contributed by atoms with E-state index in [1.165, 1.54) is 11.8 Å². The molecule has 0 unspecified atom stereocenters. The van der Waals surface area contributed by atoms with Gasteiger partial charge in [0, 0.05) is 29.6 Å². The zero-order valence-corrected chi connectivity index (χ0v) is 18.9. The third kappa shape index (κ3) is 5.18. The maximum Gasteiger partial charge on any atom is 0.226 e. The van der Waals surface area contributed by atoms with E-state index in [9.17, 15) is 4.79 Å². The van der Waals surface area contributed by atoms with Crippen LogP contribution in [0.1, 0.15) is 27.2 Å². The molecule has 0 aliphatic heterocycles. The minimum atomic E-state index is -0.144. The van der Waals surface area contributed by atoms with E-state index in [1.807, 2.05) is 45.2 Å². The van der Waals surface area contributed by atoms with Crippen LogP contribution in [0.25, 0.3) is 22.2 Å². The van der Waals surface area contributed by atoms with Crippen molar-refractivity contribution in [2.45, 2.75) is 32.3 Å². The second-order valence-electron chi connectivity index (χ2n) is 8.04. The summed E-state index contributed by atoms with van der Waals surface area (Å²) in [6.45, 7) is 6.06. The Balaban J connectivity index is 2.16. The lowest BCUT2D eigenvalue weighted by atomic mass is 9.92. The van der Waals surface area contributed by atoms with E-state index < -0.39 is 0 Å². The van der Waals surface area contributed by atoms with E-state index >= 15 is 0 Å². The topological polar surface area (TPSA) is 86.2 Å². The predicted octanol–water partition coefficient (Wildman–Crippen LogP) is 4.81. The van der Waals surface area contributed by atoms with Gasteiger partial charge in [-0.1, -0.05) is 32.5 Å². The van der Waals surface area contributed by atoms with Crippen molar-refractivity contribution in [3.8, 4) is 22.6 Å². The number of hydrogen-bond donors (Lipinski definition) is 1. The molecule has 0 saturated heterocycles. The summed E-state index contributed by atoms with van der Waals surface area (Å²) in [6.07, 6.45) is 4.01. The minimum Gasteiger partial charge on any atom is -0.497 e. The number of carbonyl (C=O) groups excluding carboxylic acids is 1. The highest BCUT2D eigenvalue weighted by Gasteiger charge is 2.19. The van der Waals surface area contributed by atoms with Crippen LogP contribution < -0.4 is 14.8 Å². The van der Waals surface area contributed by atoms with Gasteiger partial charge < -0.3 is 14.8 Å². The maximum absolute atomic E-state index is 12.7. The lowest BCUT2D eigenvalue weighted by Crippen LogP contribution is -2.20. The molecule has 0 aliphatic carbocycles. The van der Waals surface area contributed by atoms with Crippen molar-refractivity contribution < 1.29 is 14.3 Å². The average molecular weight is 427 g/mol. The van der Waals surface area contributed by atoms with Gasteiger partial charge in [-0.2, -0.15) is 0 Å². The predicted molar refractivity (Wildman–Crippen MR) is 120 cm³/mol. The Morgan fingerprint density at radius 2 is 1.73 bits per heavy atom. The molecule has 7 nitrogen and oxygen atoms in total. The number of carbonyl (C=O) groups is 1. The van der Waals surface area contributed by atoms with Gasteiger partial charge in [0.05, 0.1) is 14.2 Å². The fourth-order valence-electron chi connectivity index (χ4n) is 2.98. The first-order chi connectivity index (χ1) is 14.2. The fraction of sp³-hybridized carbons (Fsp3) is 0.364. The van der Waals surface area contributed by atoms with Crippen molar-refractivity contribution in [1.82, 2.24) is 15.0 Å². The van der Waals surface area contributed by atoms with Gasteiger partial charge in [0.2, 0.25) is 5.91 Å². The second-order valence-corrected chi connectivity index (χ2v) is 8.81. The molecular weight excluding hydrogens is 400 g/mol. The van der Waals surface area contributed by atoms with Crippen LogP contribution in [0.15, 0.2) is 35.6 Å². The summed E-state index contributed by atoms with van der Waals surface area (Å²) in [5.74, 6) is 1.62. The van der Waals surface area contributed by atoms with Gasteiger partial charge in [-0.25, -0.2) is 15.0 Å². The smallest absolute Gasteiger partial charge is 0.226 e. The molecule has 0 radical (unpaired) electrons. The summed E-state index contributed by atoms with van der Waals surface area (Å²) >= 11 is 1.44. The van der Waals surface area contributed by atoms with Gasteiger partial charge in [0.25, 0.3) is 0 Å². The number of anilines is 1. The largest absolute Gasteiger partial charge is 0.497 e. The Morgan fingerprint density at radius 1 is 1.07 bits per heavy atom. The molecular formula is C22H26N4O3S. The zero-order valence-electron chi connectivity index (χ0n) is 18.1. The van der Waals surface area contributed by atoms with E-state index in [0.29, 0.717) is 34.5 Å². The molecule has 158 valence electrons. The van der Waals surface area contributed by atoms with Crippen LogP contribution in [-0.4, -0.2) is 41.3 Å². The first kappa shape index (κ1) is 21.8. The molecule has 2 heterocycles. The van der Waals surface area contributed by atoms with Crippen molar-refractivity contribution >= 4 is 34.5 Å². The Bertz CT molecular complexity index is 1060. The first-order valence-corrected chi connectivity index (χ1v) is 10.7. The average Bonchev–Trinajstić information content (AvgIpc) is 2.70. The quantitative estimate of drug-likeness (QED) is 0.447. The van der Waals surface area contributed by atoms with Crippen LogP contribution in [0.4, 0.5) is 5.82 Å². The molecule has 3 rings (SSSR count). The van der Waals surface area contributed by atoms with E-state index in [-0.39, 0.29) is 11.3 Å². The van der Waals surface area contributed by atoms with Gasteiger partial charge in [0.1, 0.15) is 17.3 Å². The first-order valence-electron chi connectivity index (χ1n) is 9.47. The number of methoxy groups -OCH3 is 2. The standard InChI is InChI=1S/C22H26N4O3S/c1-22(2,3)11-18(27)24-20-17(13-7-15(28-4)10-16(8-13)29-5)9-14-12-23-21(30-6)26-19(14)25-20/h7-10,12H,11H2,1-6H3,(H,23,24,25,26,27). The van der Waals surface area contributed by atoms with Crippen LogP contribution in [0, 0.1) is 5.41 Å². The van der Waals surface area contributed by atoms with Gasteiger partial charge in [-0.05, 0) is 35.4 Å². The lowest BCUT2D eigenvalue weighted by molar-refractivity contribution is -0.117. The Labute approximate surface area is 180 Å². The zero-order chi connectivity index (χ0) is 21.9. The summed E-state index contributed by atoms with van der Waals surface area (Å²) in [6, 6.07) is 7.47. The molecule has 0 atom stereocenters. The van der Waals surface area contributed by atoms with Crippen LogP contribution >= 0.6 is 11.8 Å². The maximum atomic E-state index is 12.7. The van der Waals surface area contributed by atoms with Crippen molar-refractivity contribution in [3.05, 3.63) is 30.5 Å². The minimum absolute atomic E-state index is 0.107. The van der Waals surface area contributed by atoms with Crippen molar-refractivity contribution in [3.63, 3.8) is 0 Å². The van der Waals surface area contributed by atoms with Crippen molar-refractivity contribution in [1.29, 1.82) is 0 Å². The van der Waals surface area contributed by atoms with Crippen molar-refractivity contribution in [2.24, 2.45) is 5.41 Å². The normalized spacial score (nSPS) is 11.4. The van der Waals surface area contributed by atoms with Crippen LogP contribution in [0.5, 0.6) is 11.5 Å². The highest BCUT2D eigenvalue weighted by atomic mass is 32.2. The number of aromatic nitrogens is 3. The van der Waals surface area contributed by atoms with Crippen molar-refractivity contribution in [2.75, 3.05) is 25.8 Å². The van der Waals surface area contributed by atoms with E-state index in [0.717, 1.165) is 16.5 Å². The third-order valence-electron chi connectivity index (χ3n) is 4.34. The van der Waals surface area contributed by atoms with Gasteiger partial charge in [0.15, 0.2) is 10.8 Å². The molecule has 8 heteroatoms. The molecule has 1 N–H and O–H groups in total. The second kappa shape index (κ2) is 8.87. The van der Waals surface area contributed by atoms with Crippen LogP contribution in [0.2, 0.25) is 0 Å². The summed E-state index contributed by atoms with van der Waals surface area (Å²) < 4.78 is 10.8. The van der Waals surface area contributed by atoms with E-state index in [2.05, 4.69) is 20.3 Å². The highest BCUT2D eigenvalue weighted by Crippen LogP contribution is 2.35. The number of nitrogens with zero attached hydrogens (tertiary/aromatic N) is 3. The molecule has 3 aromatic rings. The molecule has 0 spiro atoms. The molecule has 1 amide bonds. The number of nitrogens with one attached hydrogen (secondary N) is 1. The number of thioether (sulfide) groups is 1. The Hall–Kier alpha value is -2.87. The van der Waals surface area contributed by atoms with E-state index in [4.69, 9.17) is 9.47 Å². The molecule has 0 fully saturated rings. The van der Waals surface area contributed by atoms with Crippen LogP contribution in [0.3, 0.4) is 0 Å². The van der Waals surface area contributed by atoms with Gasteiger partial charge >= 0.3 is 0 Å². The SMILES string of the molecule is COc1cc(OC)cc(-c2cc3cnc(SC)nc3nc2NC(=O)CC(C)(C)C)c1. The molecule has 0 saturated carbocycles. The molecule has 2 aromatic heterocycles. The number of pyridine rings is 1.